The number of nitrogens with zero attached hydrogens (tertiary/aromatic N) is 3. The number of carbonyl (C=O) groups excluding carboxylic acids is 4. The van der Waals surface area contributed by atoms with Crippen molar-refractivity contribution in [3.05, 3.63) is 94.1 Å². The molecule has 0 saturated carbocycles. The summed E-state index contributed by atoms with van der Waals surface area (Å²) in [6.45, 7) is 6.62. The highest BCUT2D eigenvalue weighted by atomic mass is 32.2. The predicted octanol–water partition coefficient (Wildman–Crippen LogP) is 5.36. The zero-order valence-corrected chi connectivity index (χ0v) is 30.4. The summed E-state index contributed by atoms with van der Waals surface area (Å²) in [5, 5.41) is 10.5. The van der Waals surface area contributed by atoms with Gasteiger partial charge in [0.1, 0.15) is 28.8 Å². The monoisotopic (exact) mass is 735 g/mol. The van der Waals surface area contributed by atoms with Gasteiger partial charge in [-0.2, -0.15) is 0 Å². The van der Waals surface area contributed by atoms with Crippen LogP contribution in [0.25, 0.3) is 0 Å². The van der Waals surface area contributed by atoms with Crippen LogP contribution < -0.4 is 10.6 Å². The molecule has 2 aliphatic heterocycles. The molecule has 1 aromatic heterocycles. The van der Waals surface area contributed by atoms with Gasteiger partial charge in [0.2, 0.25) is 18.1 Å². The number of β-lactam (4-membered cyclic amide) rings is 1. The second kappa shape index (κ2) is 16.4. The lowest BCUT2D eigenvalue weighted by molar-refractivity contribution is -0.160. The molecule has 12 nitrogen and oxygen atoms in total. The first-order chi connectivity index (χ1) is 24.0. The van der Waals surface area contributed by atoms with E-state index in [-0.39, 0.29) is 27.5 Å². The lowest BCUT2D eigenvalue weighted by Gasteiger charge is -2.50. The Bertz CT molecular complexity index is 1750. The Morgan fingerprint density at radius 2 is 1.78 bits per heavy atom. The largest absolute Gasteiger partial charge is 0.469 e. The number of benzene rings is 2. The van der Waals surface area contributed by atoms with Gasteiger partial charge in [0.15, 0.2) is 10.8 Å². The van der Waals surface area contributed by atoms with Gasteiger partial charge in [0, 0.05) is 11.1 Å². The Labute approximate surface area is 303 Å². The van der Waals surface area contributed by atoms with Gasteiger partial charge >= 0.3 is 5.97 Å². The number of oxime groups is 1. The molecule has 3 aromatic rings. The van der Waals surface area contributed by atoms with Crippen molar-refractivity contribution < 1.29 is 33.5 Å². The van der Waals surface area contributed by atoms with E-state index < -0.39 is 41.6 Å². The maximum Gasteiger partial charge on any atom is 0.347 e. The van der Waals surface area contributed by atoms with Crippen LogP contribution in [0.4, 0.5) is 5.13 Å². The van der Waals surface area contributed by atoms with E-state index in [0.717, 1.165) is 34.5 Å². The number of rotatable bonds is 14. The topological polar surface area (TPSA) is 149 Å². The van der Waals surface area contributed by atoms with Crippen LogP contribution in [0, 0.1) is 0 Å². The van der Waals surface area contributed by atoms with Crippen molar-refractivity contribution in [3.8, 4) is 0 Å². The van der Waals surface area contributed by atoms with Crippen LogP contribution in [0.3, 0.4) is 0 Å². The summed E-state index contributed by atoms with van der Waals surface area (Å²) >= 11 is 8.51. The van der Waals surface area contributed by atoms with Crippen LogP contribution in [0.5, 0.6) is 0 Å². The maximum atomic E-state index is 13.9. The van der Waals surface area contributed by atoms with E-state index in [0.29, 0.717) is 24.3 Å². The van der Waals surface area contributed by atoms with Gasteiger partial charge in [-0.05, 0) is 56.1 Å². The van der Waals surface area contributed by atoms with Crippen molar-refractivity contribution in [2.24, 2.45) is 5.16 Å². The molecule has 0 bridgehead atoms. The number of carbonyl (C=O) groups is 4. The van der Waals surface area contributed by atoms with Crippen LogP contribution in [-0.2, 0) is 33.5 Å². The molecule has 50 heavy (non-hydrogen) atoms. The maximum absolute atomic E-state index is 13.9. The fourth-order valence-electron chi connectivity index (χ4n) is 5.35. The Balaban J connectivity index is 1.36. The molecule has 1 fully saturated rings. The van der Waals surface area contributed by atoms with Crippen molar-refractivity contribution in [1.82, 2.24) is 15.2 Å². The molecular weight excluding hydrogens is 699 g/mol. The van der Waals surface area contributed by atoms with Gasteiger partial charge in [0.25, 0.3) is 11.8 Å². The molecule has 2 atom stereocenters. The van der Waals surface area contributed by atoms with Crippen LogP contribution in [-0.4, -0.2) is 74.2 Å². The summed E-state index contributed by atoms with van der Waals surface area (Å²) in [5.41, 5.74) is 2.41. The molecule has 15 heteroatoms. The van der Waals surface area contributed by atoms with E-state index in [1.54, 1.807) is 25.7 Å². The molecule has 262 valence electrons. The van der Waals surface area contributed by atoms with E-state index >= 15 is 0 Å². The zero-order valence-electron chi connectivity index (χ0n) is 27.9. The van der Waals surface area contributed by atoms with Crippen LogP contribution >= 0.6 is 35.3 Å². The molecule has 1 saturated heterocycles. The molecule has 3 heterocycles. The quantitative estimate of drug-likeness (QED) is 0.0554. The van der Waals surface area contributed by atoms with Gasteiger partial charge < -0.3 is 24.9 Å². The number of amides is 3. The number of fused-ring (bicyclic) bond motifs is 1. The number of hydrogen-bond acceptors (Lipinski definition) is 12. The molecule has 0 aliphatic carbocycles. The van der Waals surface area contributed by atoms with Gasteiger partial charge in [-0.25, -0.2) is 9.78 Å². The molecule has 3 amide bonds. The third-order valence-corrected chi connectivity index (χ3v) is 9.81. The molecule has 5 rings (SSSR count). The van der Waals surface area contributed by atoms with E-state index in [4.69, 9.17) is 26.5 Å². The van der Waals surface area contributed by atoms with Gasteiger partial charge in [-0.1, -0.05) is 79.2 Å². The van der Waals surface area contributed by atoms with Crippen LogP contribution in [0.1, 0.15) is 63.5 Å². The lowest BCUT2D eigenvalue weighted by Crippen LogP contribution is -2.71. The highest BCUT2D eigenvalue weighted by Gasteiger charge is 2.54. The first-order valence-electron chi connectivity index (χ1n) is 15.9. The predicted molar refractivity (Wildman–Crippen MR) is 196 cm³/mol. The summed E-state index contributed by atoms with van der Waals surface area (Å²) in [7, 11) is 0. The van der Waals surface area contributed by atoms with Crippen molar-refractivity contribution in [2.75, 3.05) is 17.7 Å². The number of thiocarbonyl (C=S) groups is 1. The second-order valence-corrected chi connectivity index (χ2v) is 14.6. The van der Waals surface area contributed by atoms with E-state index in [2.05, 4.69) is 27.7 Å². The van der Waals surface area contributed by atoms with Gasteiger partial charge in [-0.3, -0.25) is 19.3 Å². The normalized spacial score (nSPS) is 17.4. The fourth-order valence-corrected chi connectivity index (χ4v) is 7.73. The third kappa shape index (κ3) is 8.76. The van der Waals surface area contributed by atoms with Gasteiger partial charge in [-0.15, -0.1) is 23.1 Å². The zero-order chi connectivity index (χ0) is 35.8. The Morgan fingerprint density at radius 3 is 2.38 bits per heavy atom. The highest BCUT2D eigenvalue weighted by Crippen LogP contribution is 2.43. The Kier molecular flexibility index (Phi) is 12.0. The first kappa shape index (κ1) is 36.7. The number of ether oxygens (including phenoxy) is 2. The van der Waals surface area contributed by atoms with E-state index in [9.17, 15) is 19.2 Å². The standard InChI is InChI=1S/C35H37N5O7S3/c1-5-12-23-18-49-32-27(38-30(43)26(24-19-50-34(37-24)36-20-41)39-45-17-25(42)47-35(2,3)4)31(44)40(32)28(23)33(48)46-29(21-13-8-6-9-14-21)22-15-10-7-11-16-22/h6-11,13-16,19-20,27,29,32H,5,12,17-18H2,1-4H3,(H,38,43)(H,36,37,41)/t27?,32-/m1/s1. The highest BCUT2D eigenvalue weighted by molar-refractivity contribution is 8.00. The molecule has 2 N–H and O–H groups in total. The Morgan fingerprint density at radius 1 is 1.12 bits per heavy atom. The number of thioether (sulfide) groups is 1. The molecule has 1 unspecified atom stereocenters. The molecule has 0 spiro atoms. The molecule has 2 aliphatic rings. The Hall–Kier alpha value is -4.60. The average molecular weight is 736 g/mol. The summed E-state index contributed by atoms with van der Waals surface area (Å²) in [5.74, 6) is -1.22. The summed E-state index contributed by atoms with van der Waals surface area (Å²) in [6, 6.07) is 18.6. The minimum absolute atomic E-state index is 0.0780. The van der Waals surface area contributed by atoms with E-state index in [1.165, 1.54) is 17.1 Å². The smallest absolute Gasteiger partial charge is 0.347 e. The molecule has 0 radical (unpaired) electrons. The summed E-state index contributed by atoms with van der Waals surface area (Å²) < 4.78 is 11.8. The van der Waals surface area contributed by atoms with Crippen molar-refractivity contribution >= 4 is 75.4 Å². The molecule has 2 aromatic carbocycles. The van der Waals surface area contributed by atoms with Crippen molar-refractivity contribution in [2.45, 2.75) is 63.7 Å². The van der Waals surface area contributed by atoms with Gasteiger partial charge in [0.05, 0.1) is 5.70 Å². The second-order valence-electron chi connectivity index (χ2n) is 12.3. The number of aromatic nitrogens is 1. The van der Waals surface area contributed by atoms with Crippen LogP contribution in [0.15, 0.2) is 82.5 Å². The third-order valence-electron chi connectivity index (χ3n) is 7.41. The number of thiazole rings is 1. The van der Waals surface area contributed by atoms with E-state index in [1.807, 2.05) is 60.7 Å². The van der Waals surface area contributed by atoms with Crippen LogP contribution in [0.2, 0.25) is 0 Å². The number of esters is 1. The SMILES string of the molecule is CCCC1=C(C(=S)OC(c2ccccc2)c2ccccc2)N2C(=O)C(NC(=O)C(=NOCC(=O)OC(C)(C)C)c3csc(NC=O)n3)[C@H]2SC1. The minimum atomic E-state index is -0.921. The molecular formula is C35H37N5O7S3. The lowest BCUT2D eigenvalue weighted by atomic mass is 9.99. The number of nitrogens with one attached hydrogen (secondary N) is 2. The minimum Gasteiger partial charge on any atom is -0.469 e. The summed E-state index contributed by atoms with van der Waals surface area (Å²) in [6.07, 6.45) is 1.51. The number of anilines is 1. The number of hydrogen-bond donors (Lipinski definition) is 2. The first-order valence-corrected chi connectivity index (χ1v) is 18.2. The van der Waals surface area contributed by atoms with Crippen molar-refractivity contribution in [3.63, 3.8) is 0 Å². The summed E-state index contributed by atoms with van der Waals surface area (Å²) in [4.78, 5) is 61.7. The van der Waals surface area contributed by atoms with Crippen molar-refractivity contribution in [1.29, 1.82) is 0 Å². The average Bonchev–Trinajstić information content (AvgIpc) is 3.56. The fraction of sp³-hybridized carbons (Fsp3) is 0.343.